The molecule has 2 aromatic carbocycles. The van der Waals surface area contributed by atoms with Crippen molar-refractivity contribution in [3.8, 4) is 5.75 Å². The van der Waals surface area contributed by atoms with Crippen LogP contribution in [0.1, 0.15) is 24.0 Å². The van der Waals surface area contributed by atoms with Crippen molar-refractivity contribution in [1.29, 1.82) is 0 Å². The predicted molar refractivity (Wildman–Crippen MR) is 109 cm³/mol. The number of nitrogens with one attached hydrogen (secondary N) is 2. The van der Waals surface area contributed by atoms with E-state index in [9.17, 15) is 4.79 Å². The predicted octanol–water partition coefficient (Wildman–Crippen LogP) is 3.62. The average Bonchev–Trinajstić information content (AvgIpc) is 3.06. The van der Waals surface area contributed by atoms with E-state index in [2.05, 4.69) is 10.6 Å². The van der Waals surface area contributed by atoms with Crippen molar-refractivity contribution >= 4 is 34.6 Å². The van der Waals surface area contributed by atoms with Crippen molar-refractivity contribution < 1.29 is 9.53 Å². The van der Waals surface area contributed by atoms with Gasteiger partial charge in [-0.2, -0.15) is 0 Å². The fraction of sp³-hybridized carbons (Fsp3) is 0.300. The SMILES string of the molecule is COc1cccc(CNC(=S)Nc2ccc(N3CCCC3=O)c(C)c2)c1. The lowest BCUT2D eigenvalue weighted by Crippen LogP contribution is -2.28. The van der Waals surface area contributed by atoms with Crippen LogP contribution in [0.15, 0.2) is 42.5 Å². The van der Waals surface area contributed by atoms with Crippen LogP contribution in [-0.4, -0.2) is 24.7 Å². The van der Waals surface area contributed by atoms with Crippen LogP contribution in [0.5, 0.6) is 5.75 Å². The summed E-state index contributed by atoms with van der Waals surface area (Å²) in [5, 5.41) is 6.94. The number of rotatable bonds is 5. The molecule has 0 bridgehead atoms. The minimum absolute atomic E-state index is 0.198. The molecule has 26 heavy (non-hydrogen) atoms. The number of nitrogens with zero attached hydrogens (tertiary/aromatic N) is 1. The lowest BCUT2D eigenvalue weighted by molar-refractivity contribution is -0.117. The number of ether oxygens (including phenoxy) is 1. The minimum Gasteiger partial charge on any atom is -0.497 e. The summed E-state index contributed by atoms with van der Waals surface area (Å²) < 4.78 is 5.23. The Balaban J connectivity index is 1.59. The number of hydrogen-bond acceptors (Lipinski definition) is 3. The molecule has 0 radical (unpaired) electrons. The first-order valence-corrected chi connectivity index (χ1v) is 9.06. The monoisotopic (exact) mass is 369 g/mol. The summed E-state index contributed by atoms with van der Waals surface area (Å²) in [5.41, 5.74) is 4.03. The van der Waals surface area contributed by atoms with Crippen molar-refractivity contribution in [2.24, 2.45) is 0 Å². The van der Waals surface area contributed by atoms with Gasteiger partial charge in [-0.3, -0.25) is 4.79 Å². The Morgan fingerprint density at radius 1 is 1.27 bits per heavy atom. The maximum Gasteiger partial charge on any atom is 0.227 e. The first-order chi connectivity index (χ1) is 12.6. The quantitative estimate of drug-likeness (QED) is 0.789. The van der Waals surface area contributed by atoms with Crippen LogP contribution in [0, 0.1) is 6.92 Å². The van der Waals surface area contributed by atoms with Crippen LogP contribution in [0.2, 0.25) is 0 Å². The number of benzene rings is 2. The van der Waals surface area contributed by atoms with E-state index in [4.69, 9.17) is 17.0 Å². The molecule has 0 saturated carbocycles. The average molecular weight is 369 g/mol. The number of anilines is 2. The molecule has 0 atom stereocenters. The maximum absolute atomic E-state index is 11.9. The third kappa shape index (κ3) is 4.32. The molecule has 3 rings (SSSR count). The van der Waals surface area contributed by atoms with E-state index in [1.54, 1.807) is 7.11 Å². The number of hydrogen-bond donors (Lipinski definition) is 2. The summed E-state index contributed by atoms with van der Waals surface area (Å²) in [4.78, 5) is 13.8. The zero-order chi connectivity index (χ0) is 18.5. The number of aryl methyl sites for hydroxylation is 1. The third-order valence-electron chi connectivity index (χ3n) is 4.41. The Labute approximate surface area is 159 Å². The van der Waals surface area contributed by atoms with Crippen molar-refractivity contribution in [3.05, 3.63) is 53.6 Å². The molecule has 136 valence electrons. The van der Waals surface area contributed by atoms with Gasteiger partial charge in [0, 0.05) is 30.9 Å². The smallest absolute Gasteiger partial charge is 0.227 e. The van der Waals surface area contributed by atoms with Gasteiger partial charge in [0.15, 0.2) is 5.11 Å². The second-order valence-corrected chi connectivity index (χ2v) is 6.72. The first kappa shape index (κ1) is 18.2. The van der Waals surface area contributed by atoms with E-state index in [-0.39, 0.29) is 5.91 Å². The molecule has 1 saturated heterocycles. The van der Waals surface area contributed by atoms with Crippen LogP contribution >= 0.6 is 12.2 Å². The molecular formula is C20H23N3O2S. The topological polar surface area (TPSA) is 53.6 Å². The number of methoxy groups -OCH3 is 1. The van der Waals surface area contributed by atoms with E-state index in [1.807, 2.05) is 54.3 Å². The summed E-state index contributed by atoms with van der Waals surface area (Å²) in [7, 11) is 1.65. The molecule has 1 aliphatic rings. The van der Waals surface area contributed by atoms with E-state index >= 15 is 0 Å². The van der Waals surface area contributed by atoms with E-state index in [0.717, 1.165) is 41.2 Å². The standard InChI is InChI=1S/C20H23N3O2S/c1-14-11-16(8-9-18(14)23-10-4-7-19(23)24)22-20(26)21-13-15-5-3-6-17(12-15)25-2/h3,5-6,8-9,11-12H,4,7,10,13H2,1-2H3,(H2,21,22,26). The summed E-state index contributed by atoms with van der Waals surface area (Å²) in [6, 6.07) is 13.8. The van der Waals surface area contributed by atoms with Gasteiger partial charge < -0.3 is 20.3 Å². The summed E-state index contributed by atoms with van der Waals surface area (Å²) in [6.45, 7) is 3.42. The molecule has 2 N–H and O–H groups in total. The van der Waals surface area contributed by atoms with Crippen molar-refractivity contribution in [3.63, 3.8) is 0 Å². The van der Waals surface area contributed by atoms with Gasteiger partial charge in [-0.05, 0) is 67.0 Å². The van der Waals surface area contributed by atoms with Crippen molar-refractivity contribution in [2.45, 2.75) is 26.3 Å². The molecule has 2 aromatic rings. The minimum atomic E-state index is 0.198. The van der Waals surface area contributed by atoms with Gasteiger partial charge in [0.1, 0.15) is 5.75 Å². The second-order valence-electron chi connectivity index (χ2n) is 6.31. The van der Waals surface area contributed by atoms with E-state index < -0.39 is 0 Å². The first-order valence-electron chi connectivity index (χ1n) is 8.65. The van der Waals surface area contributed by atoms with E-state index in [1.165, 1.54) is 0 Å². The third-order valence-corrected chi connectivity index (χ3v) is 4.65. The highest BCUT2D eigenvalue weighted by molar-refractivity contribution is 7.80. The Morgan fingerprint density at radius 3 is 2.81 bits per heavy atom. The second kappa shape index (κ2) is 8.19. The van der Waals surface area contributed by atoms with Gasteiger partial charge in [0.25, 0.3) is 0 Å². The lowest BCUT2D eigenvalue weighted by Gasteiger charge is -2.19. The number of amides is 1. The van der Waals surface area contributed by atoms with Crippen LogP contribution in [-0.2, 0) is 11.3 Å². The highest BCUT2D eigenvalue weighted by Crippen LogP contribution is 2.27. The summed E-state index contributed by atoms with van der Waals surface area (Å²) in [5.74, 6) is 1.02. The number of carbonyl (C=O) groups is 1. The van der Waals surface area contributed by atoms with E-state index in [0.29, 0.717) is 18.1 Å². The lowest BCUT2D eigenvalue weighted by atomic mass is 10.1. The Kier molecular flexibility index (Phi) is 5.73. The summed E-state index contributed by atoms with van der Waals surface area (Å²) >= 11 is 5.38. The van der Waals surface area contributed by atoms with Crippen molar-refractivity contribution in [2.75, 3.05) is 23.9 Å². The van der Waals surface area contributed by atoms with Crippen LogP contribution in [0.4, 0.5) is 11.4 Å². The van der Waals surface area contributed by atoms with Crippen molar-refractivity contribution in [1.82, 2.24) is 5.32 Å². The fourth-order valence-corrected chi connectivity index (χ4v) is 3.27. The molecule has 5 nitrogen and oxygen atoms in total. The zero-order valence-corrected chi connectivity index (χ0v) is 15.9. The molecule has 1 fully saturated rings. The Hall–Kier alpha value is -2.60. The Morgan fingerprint density at radius 2 is 2.12 bits per heavy atom. The fourth-order valence-electron chi connectivity index (χ4n) is 3.08. The molecule has 0 aromatic heterocycles. The molecule has 0 unspecified atom stereocenters. The normalized spacial score (nSPS) is 13.6. The molecule has 0 spiro atoms. The van der Waals surface area contributed by atoms with Crippen LogP contribution in [0.3, 0.4) is 0 Å². The highest BCUT2D eigenvalue weighted by Gasteiger charge is 2.22. The van der Waals surface area contributed by atoms with Gasteiger partial charge in [0.2, 0.25) is 5.91 Å². The number of carbonyl (C=O) groups excluding carboxylic acids is 1. The molecule has 1 amide bonds. The number of thiocarbonyl (C=S) groups is 1. The molecule has 1 aliphatic heterocycles. The van der Waals surface area contributed by atoms with Gasteiger partial charge in [-0.25, -0.2) is 0 Å². The maximum atomic E-state index is 11.9. The largest absolute Gasteiger partial charge is 0.497 e. The summed E-state index contributed by atoms with van der Waals surface area (Å²) in [6.07, 6.45) is 1.56. The molecule has 0 aliphatic carbocycles. The van der Waals surface area contributed by atoms with Gasteiger partial charge in [-0.15, -0.1) is 0 Å². The molecule has 1 heterocycles. The van der Waals surface area contributed by atoms with Gasteiger partial charge in [-0.1, -0.05) is 12.1 Å². The van der Waals surface area contributed by atoms with Gasteiger partial charge >= 0.3 is 0 Å². The van der Waals surface area contributed by atoms with Crippen LogP contribution < -0.4 is 20.3 Å². The molecular weight excluding hydrogens is 346 g/mol. The Bertz CT molecular complexity index is 822. The molecule has 6 heteroatoms. The van der Waals surface area contributed by atoms with Gasteiger partial charge in [0.05, 0.1) is 7.11 Å². The van der Waals surface area contributed by atoms with Crippen LogP contribution in [0.25, 0.3) is 0 Å². The highest BCUT2D eigenvalue weighted by atomic mass is 32.1. The zero-order valence-electron chi connectivity index (χ0n) is 15.0.